The first kappa shape index (κ1) is 16.8. The molecule has 22 heavy (non-hydrogen) atoms. The number of para-hydroxylation sites is 1. The fraction of sp³-hybridized carbons (Fsp3) is 0.611. The van der Waals surface area contributed by atoms with Gasteiger partial charge in [-0.3, -0.25) is 4.79 Å². The number of amides is 1. The zero-order valence-electron chi connectivity index (χ0n) is 13.6. The van der Waals surface area contributed by atoms with Crippen LogP contribution in [0.3, 0.4) is 0 Å². The molecule has 4 heteroatoms. The van der Waals surface area contributed by atoms with Crippen molar-refractivity contribution >= 4 is 5.91 Å². The minimum absolute atomic E-state index is 0.120. The van der Waals surface area contributed by atoms with Crippen molar-refractivity contribution in [2.24, 2.45) is 17.8 Å². The highest BCUT2D eigenvalue weighted by atomic mass is 19.1. The van der Waals surface area contributed by atoms with Gasteiger partial charge in [-0.05, 0) is 42.7 Å². The predicted molar refractivity (Wildman–Crippen MR) is 85.2 cm³/mol. The van der Waals surface area contributed by atoms with Crippen LogP contribution in [0.1, 0.15) is 40.0 Å². The Balaban J connectivity index is 1.88. The largest absolute Gasteiger partial charge is 0.481 e. The van der Waals surface area contributed by atoms with E-state index >= 15 is 0 Å². The second-order valence-electron chi connectivity index (χ2n) is 6.72. The molecule has 122 valence electrons. The van der Waals surface area contributed by atoms with Gasteiger partial charge >= 0.3 is 0 Å². The Labute approximate surface area is 132 Å². The summed E-state index contributed by atoms with van der Waals surface area (Å²) in [5.74, 6) is 1.19. The summed E-state index contributed by atoms with van der Waals surface area (Å²) in [6.07, 6.45) is 3.38. The van der Waals surface area contributed by atoms with Crippen molar-refractivity contribution in [3.63, 3.8) is 0 Å². The van der Waals surface area contributed by atoms with Crippen LogP contribution in [0.2, 0.25) is 0 Å². The van der Waals surface area contributed by atoms with Crippen LogP contribution in [0, 0.1) is 23.6 Å². The van der Waals surface area contributed by atoms with Gasteiger partial charge in [0, 0.05) is 6.04 Å². The highest BCUT2D eigenvalue weighted by Gasteiger charge is 2.31. The van der Waals surface area contributed by atoms with Crippen molar-refractivity contribution < 1.29 is 13.9 Å². The Morgan fingerprint density at radius 2 is 2.09 bits per heavy atom. The molecule has 0 aromatic heterocycles. The Bertz CT molecular complexity index is 504. The van der Waals surface area contributed by atoms with Gasteiger partial charge < -0.3 is 10.1 Å². The molecule has 0 saturated heterocycles. The van der Waals surface area contributed by atoms with E-state index < -0.39 is 5.82 Å². The number of carbonyl (C=O) groups excluding carboxylic acids is 1. The number of rotatable bonds is 5. The van der Waals surface area contributed by atoms with Crippen LogP contribution in [-0.2, 0) is 4.79 Å². The Kier molecular flexibility index (Phi) is 5.81. The van der Waals surface area contributed by atoms with Crippen LogP contribution < -0.4 is 10.1 Å². The third-order valence-electron chi connectivity index (χ3n) is 4.56. The SMILES string of the molecule is CC(C)[C@@H]1CC[C@@H](C)C[C@@H]1NC(=O)COc1ccccc1F. The van der Waals surface area contributed by atoms with Gasteiger partial charge in [-0.2, -0.15) is 0 Å². The lowest BCUT2D eigenvalue weighted by molar-refractivity contribution is -0.124. The van der Waals surface area contributed by atoms with Gasteiger partial charge in [-0.25, -0.2) is 4.39 Å². The molecular weight excluding hydrogens is 281 g/mol. The van der Waals surface area contributed by atoms with Gasteiger partial charge in [0.2, 0.25) is 0 Å². The van der Waals surface area contributed by atoms with Crippen LogP contribution >= 0.6 is 0 Å². The summed E-state index contributed by atoms with van der Waals surface area (Å²) >= 11 is 0. The number of benzene rings is 1. The minimum atomic E-state index is -0.443. The van der Waals surface area contributed by atoms with Gasteiger partial charge in [0.15, 0.2) is 18.2 Å². The molecule has 1 saturated carbocycles. The topological polar surface area (TPSA) is 38.3 Å². The molecule has 1 aromatic rings. The quantitative estimate of drug-likeness (QED) is 0.899. The van der Waals surface area contributed by atoms with Crippen molar-refractivity contribution in [2.75, 3.05) is 6.61 Å². The van der Waals surface area contributed by atoms with E-state index in [4.69, 9.17) is 4.74 Å². The first-order valence-electron chi connectivity index (χ1n) is 8.14. The van der Waals surface area contributed by atoms with E-state index in [9.17, 15) is 9.18 Å². The molecule has 1 aliphatic carbocycles. The third-order valence-corrected chi connectivity index (χ3v) is 4.56. The molecule has 1 aliphatic rings. The normalized spacial score (nSPS) is 25.0. The van der Waals surface area contributed by atoms with Gasteiger partial charge in [0.25, 0.3) is 5.91 Å². The molecule has 0 spiro atoms. The van der Waals surface area contributed by atoms with Crippen LogP contribution in [-0.4, -0.2) is 18.6 Å². The second-order valence-corrected chi connectivity index (χ2v) is 6.72. The minimum Gasteiger partial charge on any atom is -0.481 e. The molecule has 1 amide bonds. The Morgan fingerprint density at radius 3 is 2.77 bits per heavy atom. The number of nitrogens with one attached hydrogen (secondary N) is 1. The molecule has 0 unspecified atom stereocenters. The Hall–Kier alpha value is -1.58. The summed E-state index contributed by atoms with van der Waals surface area (Å²) in [5, 5.41) is 3.08. The fourth-order valence-electron chi connectivity index (χ4n) is 3.32. The second kappa shape index (κ2) is 7.61. The standard InChI is InChI=1S/C18H26FNO2/c1-12(2)14-9-8-13(3)10-16(14)20-18(21)11-22-17-7-5-4-6-15(17)19/h4-7,12-14,16H,8-11H2,1-3H3,(H,20,21)/t13-,14+,16+/m1/s1. The van der Waals surface area contributed by atoms with Gasteiger partial charge in [0.05, 0.1) is 0 Å². The first-order chi connectivity index (χ1) is 10.5. The number of ether oxygens (including phenoxy) is 1. The zero-order chi connectivity index (χ0) is 16.1. The molecular formula is C18H26FNO2. The average Bonchev–Trinajstić information content (AvgIpc) is 2.46. The van der Waals surface area contributed by atoms with E-state index in [1.54, 1.807) is 12.1 Å². The van der Waals surface area contributed by atoms with Gasteiger partial charge in [-0.15, -0.1) is 0 Å². The maximum atomic E-state index is 13.5. The van der Waals surface area contributed by atoms with E-state index in [2.05, 4.69) is 26.1 Å². The van der Waals surface area contributed by atoms with E-state index in [0.29, 0.717) is 17.8 Å². The van der Waals surface area contributed by atoms with Gasteiger partial charge in [0.1, 0.15) is 0 Å². The maximum Gasteiger partial charge on any atom is 0.258 e. The van der Waals surface area contributed by atoms with Crippen LogP contribution in [0.4, 0.5) is 4.39 Å². The van der Waals surface area contributed by atoms with Crippen molar-refractivity contribution in [3.05, 3.63) is 30.1 Å². The molecule has 1 fully saturated rings. The van der Waals surface area contributed by atoms with Crippen LogP contribution in [0.15, 0.2) is 24.3 Å². The average molecular weight is 307 g/mol. The molecule has 3 atom stereocenters. The summed E-state index contributed by atoms with van der Waals surface area (Å²) in [6, 6.07) is 6.33. The summed E-state index contributed by atoms with van der Waals surface area (Å²) in [6.45, 7) is 6.49. The molecule has 0 radical (unpaired) electrons. The molecule has 0 heterocycles. The lowest BCUT2D eigenvalue weighted by atomic mass is 9.74. The lowest BCUT2D eigenvalue weighted by Crippen LogP contribution is -2.47. The number of carbonyl (C=O) groups is 1. The fourth-order valence-corrected chi connectivity index (χ4v) is 3.32. The molecule has 3 nitrogen and oxygen atoms in total. The van der Waals surface area contributed by atoms with Crippen molar-refractivity contribution in [1.29, 1.82) is 0 Å². The van der Waals surface area contributed by atoms with E-state index in [1.165, 1.54) is 18.6 Å². The number of hydrogen-bond donors (Lipinski definition) is 1. The van der Waals surface area contributed by atoms with Crippen molar-refractivity contribution in [1.82, 2.24) is 5.32 Å². The molecule has 0 aliphatic heterocycles. The van der Waals surface area contributed by atoms with Crippen LogP contribution in [0.5, 0.6) is 5.75 Å². The summed E-state index contributed by atoms with van der Waals surface area (Å²) in [7, 11) is 0. The highest BCUT2D eigenvalue weighted by Crippen LogP contribution is 2.33. The number of hydrogen-bond acceptors (Lipinski definition) is 2. The summed E-state index contributed by atoms with van der Waals surface area (Å²) < 4.78 is 18.7. The predicted octanol–water partition coefficient (Wildman–Crippen LogP) is 3.78. The molecule has 1 N–H and O–H groups in total. The molecule has 1 aromatic carbocycles. The van der Waals surface area contributed by atoms with E-state index in [1.807, 2.05) is 0 Å². The third kappa shape index (κ3) is 4.46. The summed E-state index contributed by atoms with van der Waals surface area (Å²) in [4.78, 5) is 12.1. The molecule has 0 bridgehead atoms. The number of halogens is 1. The van der Waals surface area contributed by atoms with E-state index in [0.717, 1.165) is 12.8 Å². The van der Waals surface area contributed by atoms with Crippen molar-refractivity contribution in [3.8, 4) is 5.75 Å². The highest BCUT2D eigenvalue weighted by molar-refractivity contribution is 5.77. The lowest BCUT2D eigenvalue weighted by Gasteiger charge is -2.37. The van der Waals surface area contributed by atoms with Crippen LogP contribution in [0.25, 0.3) is 0 Å². The van der Waals surface area contributed by atoms with E-state index in [-0.39, 0.29) is 24.3 Å². The molecule has 2 rings (SSSR count). The first-order valence-corrected chi connectivity index (χ1v) is 8.14. The zero-order valence-corrected chi connectivity index (χ0v) is 13.6. The van der Waals surface area contributed by atoms with Gasteiger partial charge in [-0.1, -0.05) is 39.3 Å². The summed E-state index contributed by atoms with van der Waals surface area (Å²) in [5.41, 5.74) is 0. The van der Waals surface area contributed by atoms with Crippen molar-refractivity contribution in [2.45, 2.75) is 46.1 Å². The smallest absolute Gasteiger partial charge is 0.258 e. The maximum absolute atomic E-state index is 13.5. The monoisotopic (exact) mass is 307 g/mol. The Morgan fingerprint density at radius 1 is 1.36 bits per heavy atom.